The average Bonchev–Trinajstić information content (AvgIpc) is 3.58. The SMILES string of the molecule is C=S(C)(=O)Nc1ccn(C(=O)N2CCC3(CCCN3Cc3ccc(C)cc3N3C[C@H]4CC[C@@H](C3)O4)CC2)n1. The monoisotopic (exact) mass is 540 g/mol. The summed E-state index contributed by atoms with van der Waals surface area (Å²) >= 11 is 0. The number of rotatable bonds is 5. The molecule has 1 N–H and O–H groups in total. The van der Waals surface area contributed by atoms with Crippen molar-refractivity contribution in [2.24, 2.45) is 0 Å². The third kappa shape index (κ3) is 5.18. The maximum Gasteiger partial charge on any atom is 0.344 e. The van der Waals surface area contributed by atoms with Gasteiger partial charge in [0.15, 0.2) is 5.82 Å². The molecule has 4 saturated heterocycles. The Labute approximate surface area is 226 Å². The molecule has 4 aliphatic heterocycles. The third-order valence-corrected chi connectivity index (χ3v) is 9.44. The van der Waals surface area contributed by atoms with Gasteiger partial charge in [-0.3, -0.25) is 9.62 Å². The third-order valence-electron chi connectivity index (χ3n) is 8.80. The van der Waals surface area contributed by atoms with Crippen LogP contribution in [0.4, 0.5) is 16.3 Å². The fraction of sp³-hybridized carbons (Fsp3) is 0.607. The number of ether oxygens (including phenoxy) is 1. The maximum absolute atomic E-state index is 13.1. The number of hydrogen-bond acceptors (Lipinski definition) is 6. The van der Waals surface area contributed by atoms with Gasteiger partial charge in [0, 0.05) is 72.2 Å². The van der Waals surface area contributed by atoms with Crippen molar-refractivity contribution in [3.63, 3.8) is 0 Å². The van der Waals surface area contributed by atoms with E-state index in [1.54, 1.807) is 12.3 Å². The van der Waals surface area contributed by atoms with Crippen molar-refractivity contribution in [2.45, 2.75) is 69.7 Å². The molecule has 3 atom stereocenters. The number of fused-ring (bicyclic) bond motifs is 2. The summed E-state index contributed by atoms with van der Waals surface area (Å²) in [7, 11) is -2.44. The fourth-order valence-electron chi connectivity index (χ4n) is 6.89. The highest BCUT2D eigenvalue weighted by atomic mass is 32.2. The highest BCUT2D eigenvalue weighted by molar-refractivity contribution is 8.00. The topological polar surface area (TPSA) is 82.9 Å². The number of nitrogens with zero attached hydrogens (tertiary/aromatic N) is 5. The molecule has 4 fully saturated rings. The second-order valence-electron chi connectivity index (χ2n) is 11.8. The molecule has 5 heterocycles. The molecule has 1 amide bonds. The molecule has 206 valence electrons. The summed E-state index contributed by atoms with van der Waals surface area (Å²) < 4.78 is 22.1. The number of aromatic nitrogens is 2. The van der Waals surface area contributed by atoms with Crippen molar-refractivity contribution >= 4 is 33.1 Å². The summed E-state index contributed by atoms with van der Waals surface area (Å²) in [6.45, 7) is 7.65. The van der Waals surface area contributed by atoms with Gasteiger partial charge in [-0.25, -0.2) is 9.00 Å². The lowest BCUT2D eigenvalue weighted by Gasteiger charge is -2.45. The highest BCUT2D eigenvalue weighted by Crippen LogP contribution is 2.41. The Hall–Kier alpha value is -2.56. The molecular weight excluding hydrogens is 500 g/mol. The largest absolute Gasteiger partial charge is 0.371 e. The van der Waals surface area contributed by atoms with Gasteiger partial charge in [-0.2, -0.15) is 4.68 Å². The number of nitrogens with one attached hydrogen (secondary N) is 1. The molecule has 1 unspecified atom stereocenters. The molecule has 1 aromatic carbocycles. The molecule has 2 aromatic rings. The van der Waals surface area contributed by atoms with Gasteiger partial charge < -0.3 is 14.5 Å². The highest BCUT2D eigenvalue weighted by Gasteiger charge is 2.44. The zero-order valence-corrected chi connectivity index (χ0v) is 23.4. The lowest BCUT2D eigenvalue weighted by molar-refractivity contribution is 0.0301. The quantitative estimate of drug-likeness (QED) is 0.586. The van der Waals surface area contributed by atoms with E-state index in [-0.39, 0.29) is 11.6 Å². The van der Waals surface area contributed by atoms with Gasteiger partial charge in [0.1, 0.15) is 0 Å². The molecule has 9 nitrogen and oxygen atoms in total. The number of hydrogen-bond donors (Lipinski definition) is 1. The molecule has 0 saturated carbocycles. The van der Waals surface area contributed by atoms with Gasteiger partial charge >= 0.3 is 6.03 Å². The van der Waals surface area contributed by atoms with E-state index < -0.39 is 9.71 Å². The van der Waals surface area contributed by atoms with Crippen molar-refractivity contribution in [1.29, 1.82) is 0 Å². The van der Waals surface area contributed by atoms with Gasteiger partial charge in [0.25, 0.3) is 0 Å². The predicted octanol–water partition coefficient (Wildman–Crippen LogP) is 3.33. The Balaban J connectivity index is 1.13. The molecule has 0 aliphatic carbocycles. The average molecular weight is 541 g/mol. The zero-order valence-electron chi connectivity index (χ0n) is 22.6. The van der Waals surface area contributed by atoms with Gasteiger partial charge in [0.2, 0.25) is 0 Å². The van der Waals surface area contributed by atoms with E-state index in [0.29, 0.717) is 31.1 Å². The van der Waals surface area contributed by atoms with Crippen LogP contribution in [0.15, 0.2) is 30.5 Å². The smallest absolute Gasteiger partial charge is 0.344 e. The number of carbonyl (C=O) groups excluding carboxylic acids is 1. The lowest BCUT2D eigenvalue weighted by Crippen LogP contribution is -2.53. The van der Waals surface area contributed by atoms with E-state index in [4.69, 9.17) is 4.74 Å². The Kier molecular flexibility index (Phi) is 6.68. The van der Waals surface area contributed by atoms with E-state index in [1.165, 1.54) is 53.4 Å². The van der Waals surface area contributed by atoms with Crippen LogP contribution in [0.3, 0.4) is 0 Å². The second kappa shape index (κ2) is 9.88. The van der Waals surface area contributed by atoms with Crippen LogP contribution in [0.2, 0.25) is 0 Å². The van der Waals surface area contributed by atoms with Gasteiger partial charge in [0.05, 0.1) is 12.2 Å². The zero-order chi connectivity index (χ0) is 26.5. The number of aryl methyl sites for hydroxylation is 1. The van der Waals surface area contributed by atoms with Crippen LogP contribution in [0.5, 0.6) is 0 Å². The Morgan fingerprint density at radius 2 is 1.89 bits per heavy atom. The minimum absolute atomic E-state index is 0.133. The lowest BCUT2D eigenvalue weighted by atomic mass is 9.84. The van der Waals surface area contributed by atoms with E-state index in [0.717, 1.165) is 39.0 Å². The molecule has 6 rings (SSSR count). The number of morpholine rings is 1. The van der Waals surface area contributed by atoms with E-state index in [1.807, 2.05) is 4.90 Å². The molecular formula is C28H40N6O3S. The van der Waals surface area contributed by atoms with Gasteiger partial charge in [-0.05, 0) is 75.1 Å². The van der Waals surface area contributed by atoms with Crippen molar-refractivity contribution < 1.29 is 13.7 Å². The van der Waals surface area contributed by atoms with Crippen molar-refractivity contribution in [2.75, 3.05) is 48.6 Å². The summed E-state index contributed by atoms with van der Waals surface area (Å²) in [6.07, 6.45) is 10.5. The summed E-state index contributed by atoms with van der Waals surface area (Å²) in [5.41, 5.74) is 4.23. The van der Waals surface area contributed by atoms with Crippen molar-refractivity contribution in [3.05, 3.63) is 41.6 Å². The van der Waals surface area contributed by atoms with Crippen molar-refractivity contribution in [1.82, 2.24) is 19.6 Å². The first kappa shape index (κ1) is 25.7. The van der Waals surface area contributed by atoms with E-state index in [9.17, 15) is 9.00 Å². The number of benzene rings is 1. The number of piperidine rings is 1. The van der Waals surface area contributed by atoms with Crippen LogP contribution < -0.4 is 9.62 Å². The van der Waals surface area contributed by atoms with Crippen molar-refractivity contribution in [3.8, 4) is 0 Å². The molecule has 1 spiro atoms. The molecule has 0 radical (unpaired) electrons. The molecule has 1 aromatic heterocycles. The van der Waals surface area contributed by atoms with E-state index in [2.05, 4.69) is 50.6 Å². The minimum Gasteiger partial charge on any atom is -0.371 e. The van der Waals surface area contributed by atoms with Gasteiger partial charge in [-0.1, -0.05) is 12.1 Å². The minimum atomic E-state index is -2.44. The molecule has 2 bridgehead atoms. The fourth-order valence-corrected chi connectivity index (χ4v) is 7.44. The first-order valence-corrected chi connectivity index (χ1v) is 16.0. The molecule has 10 heteroatoms. The number of carbonyl (C=O) groups is 1. The van der Waals surface area contributed by atoms with Crippen LogP contribution in [0.1, 0.15) is 49.7 Å². The molecule has 38 heavy (non-hydrogen) atoms. The first-order chi connectivity index (χ1) is 18.2. The Morgan fingerprint density at radius 1 is 1.16 bits per heavy atom. The summed E-state index contributed by atoms with van der Waals surface area (Å²) in [4.78, 5) is 20.3. The number of anilines is 2. The Bertz CT molecular complexity index is 1290. The van der Waals surface area contributed by atoms with Crippen LogP contribution >= 0.6 is 0 Å². The van der Waals surface area contributed by atoms with E-state index >= 15 is 0 Å². The summed E-state index contributed by atoms with van der Waals surface area (Å²) in [5.74, 6) is 3.99. The van der Waals surface area contributed by atoms with Crippen LogP contribution in [-0.2, 0) is 21.0 Å². The van der Waals surface area contributed by atoms with Crippen LogP contribution in [-0.4, -0.2) is 92.4 Å². The summed E-state index contributed by atoms with van der Waals surface area (Å²) in [6, 6.07) is 8.47. The number of likely N-dealkylation sites (tertiary alicyclic amines) is 2. The van der Waals surface area contributed by atoms with Crippen LogP contribution in [0.25, 0.3) is 0 Å². The normalized spacial score (nSPS) is 26.6. The molecule has 4 aliphatic rings. The first-order valence-electron chi connectivity index (χ1n) is 13.9. The standard InChI is InChI=1S/C28H40N6O3S/c1-21-5-6-22(25(17-21)32-19-23-7-8-24(20-32)37-23)18-33-13-4-10-28(33)11-15-31(16-12-28)27(35)34-14-9-26(29-34)30-38(2,3)36/h5-6,9,14,17,23-24H,2,4,7-8,10-13,15-16,18-20H2,1,3H3,(H,29,30,36)/t23-,24+,38?. The predicted molar refractivity (Wildman–Crippen MR) is 152 cm³/mol. The Morgan fingerprint density at radius 3 is 2.61 bits per heavy atom. The maximum atomic E-state index is 13.1. The van der Waals surface area contributed by atoms with Gasteiger partial charge in [-0.15, -0.1) is 5.10 Å². The van der Waals surface area contributed by atoms with Crippen LogP contribution in [0, 0.1) is 6.92 Å². The summed E-state index contributed by atoms with van der Waals surface area (Å²) in [5, 5.41) is 4.28. The number of amides is 1. The second-order valence-corrected chi connectivity index (χ2v) is 14.0.